The second-order valence-corrected chi connectivity index (χ2v) is 8.29. The fraction of sp³-hybridized carbons (Fsp3) is 0.136. The molecule has 0 radical (unpaired) electrons. The second kappa shape index (κ2) is 9.37. The predicted octanol–water partition coefficient (Wildman–Crippen LogP) is 4.11. The molecule has 0 spiro atoms. The van der Waals surface area contributed by atoms with Crippen LogP contribution in [0.25, 0.3) is 0 Å². The Morgan fingerprint density at radius 2 is 1.61 bits per heavy atom. The van der Waals surface area contributed by atoms with Gasteiger partial charge in [-0.15, -0.1) is 0 Å². The Bertz CT molecular complexity index is 1130. The summed E-state index contributed by atoms with van der Waals surface area (Å²) in [5.41, 5.74) is 7.44. The first-order valence-electron chi connectivity index (χ1n) is 8.95. The van der Waals surface area contributed by atoms with Crippen LogP contribution in [0.3, 0.4) is 0 Å². The molecule has 31 heavy (non-hydrogen) atoms. The van der Waals surface area contributed by atoms with E-state index in [-0.39, 0.29) is 22.7 Å². The summed E-state index contributed by atoms with van der Waals surface area (Å²) < 4.78 is 11.4. The van der Waals surface area contributed by atoms with Crippen LogP contribution in [-0.4, -0.2) is 26.2 Å². The Morgan fingerprint density at radius 3 is 2.13 bits per heavy atom. The van der Waals surface area contributed by atoms with E-state index in [9.17, 15) is 14.9 Å². The maximum atomic E-state index is 13.0. The molecule has 0 amide bonds. The van der Waals surface area contributed by atoms with Gasteiger partial charge in [-0.25, -0.2) is 9.59 Å². The first-order valence-corrected chi connectivity index (χ1v) is 10.5. The van der Waals surface area contributed by atoms with Gasteiger partial charge in [0.15, 0.2) is 0 Å². The highest BCUT2D eigenvalue weighted by Gasteiger charge is 2.43. The number of hydrogen-bond acceptors (Lipinski definition) is 7. The van der Waals surface area contributed by atoms with Crippen LogP contribution in [0.15, 0.2) is 80.1 Å². The van der Waals surface area contributed by atoms with Crippen LogP contribution in [0.4, 0.5) is 5.69 Å². The molecule has 1 heterocycles. The third-order valence-electron chi connectivity index (χ3n) is 4.72. The van der Waals surface area contributed by atoms with Crippen LogP contribution in [0, 0.1) is 11.3 Å². The molecule has 2 aromatic rings. The maximum absolute atomic E-state index is 13.0. The summed E-state index contributed by atoms with van der Waals surface area (Å²) in [6, 6.07) is 16.2. The van der Waals surface area contributed by atoms with Crippen LogP contribution in [0.5, 0.6) is 0 Å². The Labute approximate surface area is 196 Å². The van der Waals surface area contributed by atoms with Gasteiger partial charge in [-0.2, -0.15) is 5.26 Å². The van der Waals surface area contributed by atoms with E-state index in [1.54, 1.807) is 48.5 Å². The number of nitrogens with zero attached hydrogens (tertiary/aromatic N) is 2. The molecule has 1 unspecified atom stereocenters. The largest absolute Gasteiger partial charge is 0.466 e. The van der Waals surface area contributed by atoms with Crippen molar-refractivity contribution in [3.05, 3.63) is 85.7 Å². The summed E-state index contributed by atoms with van der Waals surface area (Å²) in [4.78, 5) is 27.2. The lowest BCUT2D eigenvalue weighted by Crippen LogP contribution is -2.40. The highest BCUT2D eigenvalue weighted by atomic mass is 79.9. The van der Waals surface area contributed by atoms with E-state index >= 15 is 0 Å². The topological polar surface area (TPSA) is 106 Å². The van der Waals surface area contributed by atoms with Crippen LogP contribution >= 0.6 is 31.9 Å². The predicted molar refractivity (Wildman–Crippen MR) is 121 cm³/mol. The van der Waals surface area contributed by atoms with Crippen molar-refractivity contribution in [3.63, 3.8) is 0 Å². The Hall–Kier alpha value is -3.09. The summed E-state index contributed by atoms with van der Waals surface area (Å²) in [6.45, 7) is 0. The summed E-state index contributed by atoms with van der Waals surface area (Å²) in [6.07, 6.45) is 0. The number of rotatable bonds is 4. The first kappa shape index (κ1) is 22.6. The Balaban J connectivity index is 2.43. The first-order chi connectivity index (χ1) is 14.8. The number of anilines is 1. The lowest BCUT2D eigenvalue weighted by molar-refractivity contribution is -0.139. The van der Waals surface area contributed by atoms with Crippen molar-refractivity contribution >= 4 is 49.5 Å². The molecule has 0 aromatic heterocycles. The van der Waals surface area contributed by atoms with Gasteiger partial charge in [-0.05, 0) is 23.8 Å². The maximum Gasteiger partial charge on any atom is 0.355 e. The SMILES string of the molecule is COC(=O)C1=C(C(=O)OC)N(c2cc(Br)cc(Br)c2)C(N)=C(C#N)C1c1ccccc1. The van der Waals surface area contributed by atoms with Crippen molar-refractivity contribution in [3.8, 4) is 6.07 Å². The van der Waals surface area contributed by atoms with Gasteiger partial charge < -0.3 is 15.2 Å². The molecule has 1 aliphatic rings. The number of carbonyl (C=O) groups is 2. The number of allylic oxidation sites excluding steroid dienone is 1. The summed E-state index contributed by atoms with van der Waals surface area (Å²) in [5.74, 6) is -2.46. The van der Waals surface area contributed by atoms with Crippen molar-refractivity contribution in [2.45, 2.75) is 5.92 Å². The Kier molecular flexibility index (Phi) is 6.83. The van der Waals surface area contributed by atoms with E-state index in [1.165, 1.54) is 19.1 Å². The highest BCUT2D eigenvalue weighted by Crippen LogP contribution is 2.43. The number of benzene rings is 2. The molecule has 2 aromatic carbocycles. The minimum absolute atomic E-state index is 0.00871. The van der Waals surface area contributed by atoms with Gasteiger partial charge >= 0.3 is 11.9 Å². The van der Waals surface area contributed by atoms with Gasteiger partial charge in [0.05, 0.1) is 43.0 Å². The number of ether oxygens (including phenoxy) is 2. The number of nitriles is 1. The molecule has 3 rings (SSSR count). The van der Waals surface area contributed by atoms with E-state index in [4.69, 9.17) is 15.2 Å². The fourth-order valence-electron chi connectivity index (χ4n) is 3.45. The molecule has 0 aliphatic carbocycles. The zero-order valence-electron chi connectivity index (χ0n) is 16.6. The molecule has 1 atom stereocenters. The van der Waals surface area contributed by atoms with Gasteiger partial charge in [0.25, 0.3) is 0 Å². The summed E-state index contributed by atoms with van der Waals surface area (Å²) in [7, 11) is 2.41. The average molecular weight is 547 g/mol. The number of methoxy groups -OCH3 is 2. The van der Waals surface area contributed by atoms with Crippen LogP contribution < -0.4 is 10.6 Å². The lowest BCUT2D eigenvalue weighted by atomic mass is 9.81. The molecule has 158 valence electrons. The minimum atomic E-state index is -0.903. The number of esters is 2. The van der Waals surface area contributed by atoms with E-state index in [0.29, 0.717) is 20.2 Å². The molecule has 0 saturated carbocycles. The van der Waals surface area contributed by atoms with Crippen LogP contribution in [-0.2, 0) is 19.1 Å². The number of nitrogens with two attached hydrogens (primary N) is 1. The standard InChI is InChI=1S/C22H17Br2N3O4/c1-30-21(28)18-17(12-6-4-3-5-7-12)16(11-25)20(26)27(19(18)22(29)31-2)15-9-13(23)8-14(24)10-15/h3-10,17H,26H2,1-2H3. The minimum Gasteiger partial charge on any atom is -0.466 e. The fourth-order valence-corrected chi connectivity index (χ4v) is 4.72. The third kappa shape index (κ3) is 4.22. The van der Waals surface area contributed by atoms with Crippen LogP contribution in [0.2, 0.25) is 0 Å². The zero-order valence-corrected chi connectivity index (χ0v) is 19.7. The van der Waals surface area contributed by atoms with Gasteiger partial charge in [0, 0.05) is 8.95 Å². The monoisotopic (exact) mass is 545 g/mol. The van der Waals surface area contributed by atoms with Gasteiger partial charge in [-0.1, -0.05) is 62.2 Å². The second-order valence-electron chi connectivity index (χ2n) is 6.46. The third-order valence-corrected chi connectivity index (χ3v) is 5.63. The quantitative estimate of drug-likeness (QED) is 0.575. The van der Waals surface area contributed by atoms with Gasteiger partial charge in [0.2, 0.25) is 0 Å². The van der Waals surface area contributed by atoms with Crippen molar-refractivity contribution in [1.29, 1.82) is 5.26 Å². The van der Waals surface area contributed by atoms with E-state index in [2.05, 4.69) is 37.9 Å². The Morgan fingerprint density at radius 1 is 1.03 bits per heavy atom. The number of halogens is 2. The normalized spacial score (nSPS) is 16.1. The molecule has 0 fully saturated rings. The van der Waals surface area contributed by atoms with E-state index in [0.717, 1.165) is 0 Å². The molecular formula is C22H17Br2N3O4. The summed E-state index contributed by atoms with van der Waals surface area (Å²) in [5, 5.41) is 10.00. The van der Waals surface area contributed by atoms with Gasteiger partial charge in [0.1, 0.15) is 11.5 Å². The van der Waals surface area contributed by atoms with E-state index in [1.807, 2.05) is 0 Å². The van der Waals surface area contributed by atoms with Gasteiger partial charge in [-0.3, -0.25) is 4.90 Å². The van der Waals surface area contributed by atoms with Crippen molar-refractivity contribution < 1.29 is 19.1 Å². The number of hydrogen-bond donors (Lipinski definition) is 1. The smallest absolute Gasteiger partial charge is 0.355 e. The highest BCUT2D eigenvalue weighted by molar-refractivity contribution is 9.11. The molecule has 7 nitrogen and oxygen atoms in total. The molecule has 2 N–H and O–H groups in total. The van der Waals surface area contributed by atoms with Crippen molar-refractivity contribution in [1.82, 2.24) is 0 Å². The lowest BCUT2D eigenvalue weighted by Gasteiger charge is -2.36. The summed E-state index contributed by atoms with van der Waals surface area (Å²) >= 11 is 6.82. The average Bonchev–Trinajstić information content (AvgIpc) is 2.76. The molecular weight excluding hydrogens is 530 g/mol. The zero-order chi connectivity index (χ0) is 22.7. The molecule has 0 bridgehead atoms. The van der Waals surface area contributed by atoms with Crippen molar-refractivity contribution in [2.75, 3.05) is 19.1 Å². The molecule has 1 aliphatic heterocycles. The van der Waals surface area contributed by atoms with E-state index < -0.39 is 17.9 Å². The van der Waals surface area contributed by atoms with Crippen molar-refractivity contribution in [2.24, 2.45) is 5.73 Å². The molecule has 9 heteroatoms. The van der Waals surface area contributed by atoms with Crippen LogP contribution in [0.1, 0.15) is 11.5 Å². The molecule has 0 saturated heterocycles. The number of carbonyl (C=O) groups excluding carboxylic acids is 2.